The summed E-state index contributed by atoms with van der Waals surface area (Å²) >= 11 is 15.1. The molecule has 0 saturated carbocycles. The van der Waals surface area contributed by atoms with Crippen LogP contribution in [0.4, 0.5) is 5.69 Å². The molecule has 1 N–H and O–H groups in total. The molecule has 0 unspecified atom stereocenters. The predicted octanol–water partition coefficient (Wildman–Crippen LogP) is 7.52. The Hall–Kier alpha value is -2.84. The number of hydrogen-bond donors (Lipinski definition) is 1. The van der Waals surface area contributed by atoms with Gasteiger partial charge in [0.25, 0.3) is 5.56 Å². The molecule has 0 atom stereocenters. The number of halogens is 2. The number of thioether (sulfide) groups is 1. The molecule has 0 aliphatic heterocycles. The van der Waals surface area contributed by atoms with E-state index in [1.807, 2.05) is 67.6 Å². The van der Waals surface area contributed by atoms with E-state index in [-0.39, 0.29) is 5.56 Å². The van der Waals surface area contributed by atoms with Crippen LogP contribution in [0.3, 0.4) is 0 Å². The topological polar surface area (TPSA) is 63.0 Å². The maximum absolute atomic E-state index is 13.6. The fourth-order valence-corrected chi connectivity index (χ4v) is 5.53. The standard InChI is InChI=1S/C25H18Cl2N4OS2/c1-15(28-18-10-6-16(26)7-11-18)23-21(14-33-19-12-8-17(27)9-13-19)30-31(24(23)32)25-29-20-4-2-3-5-22(20)34-25/h2-13,30H,14H2,1H3. The van der Waals surface area contributed by atoms with Crippen molar-refractivity contribution in [3.63, 3.8) is 0 Å². The highest BCUT2D eigenvalue weighted by Gasteiger charge is 2.20. The Morgan fingerprint density at radius 1 is 1.03 bits per heavy atom. The van der Waals surface area contributed by atoms with E-state index in [1.165, 1.54) is 16.0 Å². The molecule has 5 rings (SSSR count). The minimum absolute atomic E-state index is 0.180. The Balaban J connectivity index is 1.57. The van der Waals surface area contributed by atoms with Crippen LogP contribution in [-0.2, 0) is 5.75 Å². The number of aliphatic imine (C=N–C) groups is 1. The van der Waals surface area contributed by atoms with Crippen LogP contribution >= 0.6 is 46.3 Å². The van der Waals surface area contributed by atoms with Crippen LogP contribution in [0.15, 0.2) is 87.5 Å². The summed E-state index contributed by atoms with van der Waals surface area (Å²) < 4.78 is 2.53. The fourth-order valence-electron chi connectivity index (χ4n) is 3.50. The van der Waals surface area contributed by atoms with Gasteiger partial charge in [0, 0.05) is 20.7 Å². The fraction of sp³-hybridized carbons (Fsp3) is 0.0800. The van der Waals surface area contributed by atoms with E-state index >= 15 is 0 Å². The highest BCUT2D eigenvalue weighted by molar-refractivity contribution is 7.98. The minimum atomic E-state index is -0.180. The van der Waals surface area contributed by atoms with Gasteiger partial charge in [-0.1, -0.05) is 46.7 Å². The van der Waals surface area contributed by atoms with Crippen LogP contribution in [0.5, 0.6) is 0 Å². The first-order valence-electron chi connectivity index (χ1n) is 10.4. The van der Waals surface area contributed by atoms with Crippen molar-refractivity contribution in [2.75, 3.05) is 0 Å². The number of para-hydroxylation sites is 1. The molecule has 0 saturated heterocycles. The number of aromatic amines is 1. The Labute approximate surface area is 214 Å². The summed E-state index contributed by atoms with van der Waals surface area (Å²) in [6, 6.07) is 22.7. The summed E-state index contributed by atoms with van der Waals surface area (Å²) in [4.78, 5) is 24.0. The number of H-pyrrole nitrogens is 1. The Bertz CT molecular complexity index is 1520. The van der Waals surface area contributed by atoms with Gasteiger partial charge in [0.05, 0.1) is 32.9 Å². The maximum atomic E-state index is 13.6. The number of aromatic nitrogens is 3. The van der Waals surface area contributed by atoms with E-state index in [1.54, 1.807) is 23.9 Å². The molecule has 0 spiro atoms. The van der Waals surface area contributed by atoms with Crippen molar-refractivity contribution < 1.29 is 0 Å². The zero-order valence-corrected chi connectivity index (χ0v) is 21.1. The van der Waals surface area contributed by atoms with Gasteiger partial charge in [-0.05, 0) is 67.6 Å². The van der Waals surface area contributed by atoms with Crippen LogP contribution in [0, 0.1) is 0 Å². The molecule has 9 heteroatoms. The lowest BCUT2D eigenvalue weighted by Gasteiger charge is -2.04. The number of rotatable bonds is 6. The van der Waals surface area contributed by atoms with Crippen LogP contribution in [-0.4, -0.2) is 20.5 Å². The molecule has 170 valence electrons. The van der Waals surface area contributed by atoms with Gasteiger partial charge in [0.15, 0.2) is 0 Å². The number of thiazole rings is 1. The minimum Gasteiger partial charge on any atom is -0.291 e. The summed E-state index contributed by atoms with van der Waals surface area (Å²) in [6.07, 6.45) is 0. The van der Waals surface area contributed by atoms with Gasteiger partial charge in [-0.2, -0.15) is 4.68 Å². The van der Waals surface area contributed by atoms with Crippen molar-refractivity contribution in [2.45, 2.75) is 17.6 Å². The Morgan fingerprint density at radius 2 is 1.71 bits per heavy atom. The Morgan fingerprint density at radius 3 is 2.41 bits per heavy atom. The SMILES string of the molecule is CC(=Nc1ccc(Cl)cc1)c1c(CSc2ccc(Cl)cc2)[nH]n(-c2nc3ccccc3s2)c1=O. The van der Waals surface area contributed by atoms with Gasteiger partial charge in [-0.15, -0.1) is 11.8 Å². The third-order valence-corrected chi connectivity index (χ3v) is 7.69. The van der Waals surface area contributed by atoms with Crippen molar-refractivity contribution in [1.29, 1.82) is 0 Å². The number of fused-ring (bicyclic) bond motifs is 1. The number of hydrogen-bond acceptors (Lipinski definition) is 5. The van der Waals surface area contributed by atoms with E-state index in [0.29, 0.717) is 32.2 Å². The molecular weight excluding hydrogens is 507 g/mol. The predicted molar refractivity (Wildman–Crippen MR) is 144 cm³/mol. The van der Waals surface area contributed by atoms with E-state index in [9.17, 15) is 4.79 Å². The van der Waals surface area contributed by atoms with Gasteiger partial charge >= 0.3 is 0 Å². The first kappa shape index (κ1) is 22.9. The van der Waals surface area contributed by atoms with Gasteiger partial charge in [0.2, 0.25) is 5.13 Å². The molecule has 5 nitrogen and oxygen atoms in total. The van der Waals surface area contributed by atoms with Crippen molar-refractivity contribution in [3.05, 3.63) is 104 Å². The zero-order valence-electron chi connectivity index (χ0n) is 18.0. The number of benzene rings is 3. The van der Waals surface area contributed by atoms with Crippen LogP contribution < -0.4 is 5.56 Å². The molecule has 0 aliphatic carbocycles. The summed E-state index contributed by atoms with van der Waals surface area (Å²) in [5.41, 5.74) is 3.34. The third-order valence-electron chi connectivity index (χ3n) is 5.12. The normalized spacial score (nSPS) is 11.9. The maximum Gasteiger partial charge on any atom is 0.282 e. The quantitative estimate of drug-likeness (QED) is 0.184. The molecule has 0 radical (unpaired) electrons. The lowest BCUT2D eigenvalue weighted by atomic mass is 10.1. The second kappa shape index (κ2) is 9.80. The molecule has 0 amide bonds. The molecule has 0 fully saturated rings. The van der Waals surface area contributed by atoms with Crippen molar-refractivity contribution in [3.8, 4) is 5.13 Å². The van der Waals surface area contributed by atoms with Crippen LogP contribution in [0.25, 0.3) is 15.3 Å². The van der Waals surface area contributed by atoms with Gasteiger partial charge in [-0.3, -0.25) is 14.9 Å². The molecule has 2 aromatic heterocycles. The highest BCUT2D eigenvalue weighted by Crippen LogP contribution is 2.27. The van der Waals surface area contributed by atoms with Crippen molar-refractivity contribution in [2.24, 2.45) is 4.99 Å². The molecule has 5 aromatic rings. The second-order valence-corrected chi connectivity index (χ2v) is 10.4. The van der Waals surface area contributed by atoms with Crippen molar-refractivity contribution >= 4 is 67.9 Å². The highest BCUT2D eigenvalue weighted by atomic mass is 35.5. The zero-order chi connectivity index (χ0) is 23.7. The summed E-state index contributed by atoms with van der Waals surface area (Å²) in [5, 5.41) is 5.20. The summed E-state index contributed by atoms with van der Waals surface area (Å²) in [6.45, 7) is 1.85. The lowest BCUT2D eigenvalue weighted by molar-refractivity contribution is 0.827. The van der Waals surface area contributed by atoms with Crippen molar-refractivity contribution in [1.82, 2.24) is 14.8 Å². The van der Waals surface area contributed by atoms with E-state index in [4.69, 9.17) is 23.2 Å². The van der Waals surface area contributed by atoms with E-state index in [2.05, 4.69) is 15.1 Å². The van der Waals surface area contributed by atoms with E-state index < -0.39 is 0 Å². The summed E-state index contributed by atoms with van der Waals surface area (Å²) in [7, 11) is 0. The second-order valence-electron chi connectivity index (χ2n) is 7.49. The van der Waals surface area contributed by atoms with Gasteiger partial charge in [0.1, 0.15) is 0 Å². The summed E-state index contributed by atoms with van der Waals surface area (Å²) in [5.74, 6) is 0.553. The Kier molecular flexibility index (Phi) is 6.61. The average Bonchev–Trinajstić information content (AvgIpc) is 3.41. The monoisotopic (exact) mass is 524 g/mol. The first-order valence-corrected chi connectivity index (χ1v) is 12.9. The van der Waals surface area contributed by atoms with Gasteiger partial charge in [-0.25, -0.2) is 4.98 Å². The van der Waals surface area contributed by atoms with Gasteiger partial charge < -0.3 is 0 Å². The molecule has 0 aliphatic rings. The van der Waals surface area contributed by atoms with E-state index in [0.717, 1.165) is 26.5 Å². The third kappa shape index (κ3) is 4.83. The molecule has 2 heterocycles. The number of nitrogens with zero attached hydrogens (tertiary/aromatic N) is 3. The molecule has 3 aromatic carbocycles. The first-order chi connectivity index (χ1) is 16.5. The number of nitrogens with one attached hydrogen (secondary N) is 1. The van der Waals surface area contributed by atoms with Crippen LogP contribution in [0.1, 0.15) is 18.2 Å². The largest absolute Gasteiger partial charge is 0.291 e. The molecule has 34 heavy (non-hydrogen) atoms. The lowest BCUT2D eigenvalue weighted by Crippen LogP contribution is -2.19. The van der Waals surface area contributed by atoms with Crippen LogP contribution in [0.2, 0.25) is 10.0 Å². The molecular formula is C25H18Cl2N4OS2. The molecule has 0 bridgehead atoms. The average molecular weight is 525 g/mol. The smallest absolute Gasteiger partial charge is 0.282 e.